The van der Waals surface area contributed by atoms with Crippen LogP contribution in [0.15, 0.2) is 33.3 Å². The molecule has 4 nitrogen and oxygen atoms in total. The minimum atomic E-state index is -0.483. The number of aromatic nitrogens is 2. The first-order valence-electron chi connectivity index (χ1n) is 5.40. The molecule has 0 amide bonds. The van der Waals surface area contributed by atoms with Gasteiger partial charge in [0.2, 0.25) is 0 Å². The lowest BCUT2D eigenvalue weighted by Crippen LogP contribution is -2.12. The van der Waals surface area contributed by atoms with E-state index in [4.69, 9.17) is 4.74 Å². The lowest BCUT2D eigenvalue weighted by Gasteiger charge is -2.11. The van der Waals surface area contributed by atoms with E-state index in [0.717, 1.165) is 0 Å². The van der Waals surface area contributed by atoms with Gasteiger partial charge in [-0.3, -0.25) is 0 Å². The zero-order chi connectivity index (χ0) is 14.0. The van der Waals surface area contributed by atoms with E-state index >= 15 is 0 Å². The summed E-state index contributed by atoms with van der Waals surface area (Å²) >= 11 is 6.52. The van der Waals surface area contributed by atoms with Crippen LogP contribution in [0.25, 0.3) is 5.69 Å². The Morgan fingerprint density at radius 1 is 1.42 bits per heavy atom. The third-order valence-electron chi connectivity index (χ3n) is 2.32. The van der Waals surface area contributed by atoms with Gasteiger partial charge >= 0.3 is 5.97 Å². The molecule has 1 aromatic heterocycles. The number of carbonyl (C=O) groups excluding carboxylic acids is 1. The molecule has 0 bridgehead atoms. The van der Waals surface area contributed by atoms with Crippen molar-refractivity contribution in [2.75, 3.05) is 6.61 Å². The van der Waals surface area contributed by atoms with Crippen molar-refractivity contribution in [1.82, 2.24) is 9.78 Å². The van der Waals surface area contributed by atoms with Crippen molar-refractivity contribution in [3.63, 3.8) is 0 Å². The van der Waals surface area contributed by atoms with Crippen LogP contribution < -0.4 is 0 Å². The van der Waals surface area contributed by atoms with Crippen LogP contribution in [-0.4, -0.2) is 22.4 Å². The molecule has 0 spiro atoms. The first-order chi connectivity index (χ1) is 9.04. The van der Waals surface area contributed by atoms with Gasteiger partial charge in [0, 0.05) is 8.95 Å². The minimum absolute atomic E-state index is 0.273. The van der Waals surface area contributed by atoms with Crippen LogP contribution in [0, 0.1) is 5.82 Å². The number of benzene rings is 1. The van der Waals surface area contributed by atoms with Crippen LogP contribution >= 0.6 is 31.9 Å². The van der Waals surface area contributed by atoms with Gasteiger partial charge in [0.25, 0.3) is 0 Å². The van der Waals surface area contributed by atoms with E-state index in [9.17, 15) is 9.18 Å². The van der Waals surface area contributed by atoms with Crippen LogP contribution in [0.5, 0.6) is 0 Å². The maximum atomic E-state index is 13.2. The second-order valence-electron chi connectivity index (χ2n) is 3.57. The van der Waals surface area contributed by atoms with E-state index in [1.54, 1.807) is 13.0 Å². The van der Waals surface area contributed by atoms with Crippen molar-refractivity contribution in [2.45, 2.75) is 6.92 Å². The van der Waals surface area contributed by atoms with Crippen LogP contribution in [-0.2, 0) is 4.74 Å². The number of nitrogens with zero attached hydrogens (tertiary/aromatic N) is 2. The third-order valence-corrected chi connectivity index (χ3v) is 3.53. The van der Waals surface area contributed by atoms with E-state index in [0.29, 0.717) is 14.6 Å². The van der Waals surface area contributed by atoms with Gasteiger partial charge in [-0.1, -0.05) is 0 Å². The highest BCUT2D eigenvalue weighted by molar-refractivity contribution is 9.11. The Bertz CT molecular complexity index is 605. The smallest absolute Gasteiger partial charge is 0.357 e. The summed E-state index contributed by atoms with van der Waals surface area (Å²) in [5, 5.41) is 4.07. The minimum Gasteiger partial charge on any atom is -0.461 e. The highest BCUT2D eigenvalue weighted by Crippen LogP contribution is 2.31. The van der Waals surface area contributed by atoms with E-state index < -0.39 is 11.8 Å². The van der Waals surface area contributed by atoms with Gasteiger partial charge in [-0.05, 0) is 57.0 Å². The van der Waals surface area contributed by atoms with E-state index in [-0.39, 0.29) is 12.3 Å². The van der Waals surface area contributed by atoms with Crippen molar-refractivity contribution in [3.8, 4) is 5.69 Å². The topological polar surface area (TPSA) is 44.1 Å². The zero-order valence-electron chi connectivity index (χ0n) is 9.86. The Balaban J connectivity index is 2.55. The molecule has 19 heavy (non-hydrogen) atoms. The SMILES string of the molecule is CCOC(=O)c1ccnn1-c1c(Br)cc(F)cc1Br. The Labute approximate surface area is 125 Å². The molecule has 0 saturated carbocycles. The molecule has 0 radical (unpaired) electrons. The molecule has 7 heteroatoms. The van der Waals surface area contributed by atoms with Gasteiger partial charge < -0.3 is 4.74 Å². The number of halogens is 3. The lowest BCUT2D eigenvalue weighted by atomic mass is 10.3. The molecule has 100 valence electrons. The molecule has 1 aromatic carbocycles. The summed E-state index contributed by atoms with van der Waals surface area (Å²) in [6.07, 6.45) is 1.48. The molecule has 0 aliphatic carbocycles. The van der Waals surface area contributed by atoms with E-state index in [1.807, 2.05) is 0 Å². The number of ether oxygens (including phenoxy) is 1. The van der Waals surface area contributed by atoms with Gasteiger partial charge in [0.15, 0.2) is 5.69 Å². The van der Waals surface area contributed by atoms with Crippen LogP contribution in [0.1, 0.15) is 17.4 Å². The zero-order valence-corrected chi connectivity index (χ0v) is 13.0. The third kappa shape index (κ3) is 2.87. The molecule has 1 heterocycles. The summed E-state index contributed by atoms with van der Waals surface area (Å²) in [7, 11) is 0. The molecule has 0 atom stereocenters. The molecule has 0 unspecified atom stereocenters. The molecule has 0 N–H and O–H groups in total. The summed E-state index contributed by atoms with van der Waals surface area (Å²) in [4.78, 5) is 11.8. The van der Waals surface area contributed by atoms with Crippen molar-refractivity contribution >= 4 is 37.8 Å². The van der Waals surface area contributed by atoms with E-state index in [2.05, 4.69) is 37.0 Å². The first kappa shape index (κ1) is 14.2. The predicted molar refractivity (Wildman–Crippen MR) is 74.9 cm³/mol. The molecule has 2 rings (SSSR count). The Morgan fingerprint density at radius 3 is 2.63 bits per heavy atom. The van der Waals surface area contributed by atoms with Crippen LogP contribution in [0.4, 0.5) is 4.39 Å². The maximum absolute atomic E-state index is 13.2. The maximum Gasteiger partial charge on any atom is 0.357 e. The molecule has 0 aliphatic heterocycles. The van der Waals surface area contributed by atoms with Crippen molar-refractivity contribution in [1.29, 1.82) is 0 Å². The number of esters is 1. The van der Waals surface area contributed by atoms with Gasteiger partial charge in [0.1, 0.15) is 5.82 Å². The largest absolute Gasteiger partial charge is 0.461 e. The second-order valence-corrected chi connectivity index (χ2v) is 5.28. The summed E-state index contributed by atoms with van der Waals surface area (Å²) in [6.45, 7) is 2.00. The fraction of sp³-hybridized carbons (Fsp3) is 0.167. The fourth-order valence-electron chi connectivity index (χ4n) is 1.58. The number of hydrogen-bond acceptors (Lipinski definition) is 3. The average molecular weight is 392 g/mol. The monoisotopic (exact) mass is 390 g/mol. The van der Waals surface area contributed by atoms with Gasteiger partial charge in [-0.2, -0.15) is 5.10 Å². The summed E-state index contributed by atoms with van der Waals surface area (Å²) in [6, 6.07) is 4.15. The number of carbonyl (C=O) groups is 1. The van der Waals surface area contributed by atoms with Crippen molar-refractivity contribution in [3.05, 3.63) is 44.9 Å². The molecule has 0 fully saturated rings. The molecule has 0 saturated heterocycles. The van der Waals surface area contributed by atoms with Crippen molar-refractivity contribution < 1.29 is 13.9 Å². The highest BCUT2D eigenvalue weighted by Gasteiger charge is 2.18. The Kier molecular flexibility index (Phi) is 4.36. The molecule has 0 aliphatic rings. The Morgan fingerprint density at radius 2 is 2.05 bits per heavy atom. The first-order valence-corrected chi connectivity index (χ1v) is 6.99. The highest BCUT2D eigenvalue weighted by atomic mass is 79.9. The van der Waals surface area contributed by atoms with Crippen molar-refractivity contribution in [2.24, 2.45) is 0 Å². The van der Waals surface area contributed by atoms with Gasteiger partial charge in [0.05, 0.1) is 18.5 Å². The fourth-order valence-corrected chi connectivity index (χ4v) is 3.04. The second kappa shape index (κ2) is 5.83. The number of rotatable bonds is 3. The van der Waals surface area contributed by atoms with Crippen LogP contribution in [0.3, 0.4) is 0 Å². The summed E-state index contributed by atoms with van der Waals surface area (Å²) in [5.74, 6) is -0.879. The summed E-state index contributed by atoms with van der Waals surface area (Å²) < 4.78 is 20.6. The van der Waals surface area contributed by atoms with Crippen LogP contribution in [0.2, 0.25) is 0 Å². The molecule has 2 aromatic rings. The van der Waals surface area contributed by atoms with E-state index in [1.165, 1.54) is 23.0 Å². The number of hydrogen-bond donors (Lipinski definition) is 0. The average Bonchev–Trinajstić information content (AvgIpc) is 2.77. The normalized spacial score (nSPS) is 10.5. The standard InChI is InChI=1S/C12H9Br2FN2O2/c1-2-19-12(18)10-3-4-16-17(10)11-8(13)5-7(15)6-9(11)14/h3-6H,2H2,1H3. The molecular formula is C12H9Br2FN2O2. The molecular weight excluding hydrogens is 383 g/mol. The predicted octanol–water partition coefficient (Wildman–Crippen LogP) is 3.71. The summed E-state index contributed by atoms with van der Waals surface area (Å²) in [5.41, 5.74) is 0.810. The van der Waals surface area contributed by atoms with Gasteiger partial charge in [-0.25, -0.2) is 13.9 Å². The Hall–Kier alpha value is -1.21. The lowest BCUT2D eigenvalue weighted by molar-refractivity contribution is 0.0515. The quantitative estimate of drug-likeness (QED) is 0.749. The van der Waals surface area contributed by atoms with Gasteiger partial charge in [-0.15, -0.1) is 0 Å².